The molecule has 1 aliphatic carbocycles. The first kappa shape index (κ1) is 21.0. The molecule has 3 N–H and O–H groups in total. The summed E-state index contributed by atoms with van der Waals surface area (Å²) in [5, 5.41) is 4.66. The van der Waals surface area contributed by atoms with Crippen LogP contribution in [0, 0.1) is 0 Å². The van der Waals surface area contributed by atoms with Gasteiger partial charge in [-0.2, -0.15) is 22.5 Å². The van der Waals surface area contributed by atoms with Gasteiger partial charge in [0.2, 0.25) is 5.91 Å². The largest absolute Gasteiger partial charge is 0.416 e. The highest BCUT2D eigenvalue weighted by molar-refractivity contribution is 8.16. The number of alkyl halides is 3. The number of hydrogen-bond acceptors (Lipinski definition) is 3. The smallest absolute Gasteiger partial charge is 0.366 e. The zero-order chi connectivity index (χ0) is 20.0. The van der Waals surface area contributed by atoms with Gasteiger partial charge < -0.3 is 15.2 Å². The van der Waals surface area contributed by atoms with Gasteiger partial charge in [-0.05, 0) is 52.0 Å². The van der Waals surface area contributed by atoms with Gasteiger partial charge >= 0.3 is 6.18 Å². The van der Waals surface area contributed by atoms with Crippen molar-refractivity contribution in [3.05, 3.63) is 23.9 Å². The molecule has 9 heteroatoms. The SMILES string of the molecule is CC1(NC(=O)C(C)(C)S(C)(=O)(O)C2CCCC2)C=C(C(F)(F)F)C=CN1. The molecule has 1 saturated carbocycles. The fourth-order valence-electron chi connectivity index (χ4n) is 3.43. The highest BCUT2D eigenvalue weighted by Gasteiger charge is 2.53. The number of carbonyl (C=O) groups is 1. The molecule has 1 unspecified atom stereocenters. The summed E-state index contributed by atoms with van der Waals surface area (Å²) < 4.78 is 61.8. The second-order valence-corrected chi connectivity index (χ2v) is 12.4. The predicted octanol–water partition coefficient (Wildman–Crippen LogP) is 3.07. The molecule has 1 heterocycles. The molecule has 0 aromatic rings. The molecule has 1 atom stereocenters. The minimum Gasteiger partial charge on any atom is -0.366 e. The molecular formula is C17H27F3N2O3S. The number of halogens is 3. The third kappa shape index (κ3) is 3.55. The zero-order valence-corrected chi connectivity index (χ0v) is 16.3. The number of amides is 1. The summed E-state index contributed by atoms with van der Waals surface area (Å²) in [6.07, 6.45) is 2.28. The van der Waals surface area contributed by atoms with Crippen LogP contribution in [-0.2, 0) is 14.1 Å². The van der Waals surface area contributed by atoms with E-state index in [0.717, 1.165) is 31.2 Å². The maximum atomic E-state index is 13.5. The number of hydrogen-bond donors (Lipinski definition) is 3. The van der Waals surface area contributed by atoms with Gasteiger partial charge in [0.1, 0.15) is 10.4 Å². The fourth-order valence-corrected chi connectivity index (χ4v) is 6.21. The molecule has 1 aliphatic heterocycles. The standard InChI is InChI=1S/C17H27F3N2O3S/c1-15(2,26(4,24,25)13-7-5-6-8-13)14(23)22-16(3)11-12(9-10-21-16)17(18,19)20/h9-11,13,21H,5-8H2,1-4H3,(H,22,23)(H,24,25). The number of carbonyl (C=O) groups excluding carboxylic acids is 1. The van der Waals surface area contributed by atoms with Gasteiger partial charge in [-0.3, -0.25) is 4.79 Å². The Kier molecular flexibility index (Phi) is 4.91. The van der Waals surface area contributed by atoms with Crippen LogP contribution >= 0.6 is 0 Å². The monoisotopic (exact) mass is 396 g/mol. The van der Waals surface area contributed by atoms with Crippen molar-refractivity contribution in [2.75, 3.05) is 6.26 Å². The summed E-state index contributed by atoms with van der Waals surface area (Å²) in [6.45, 7) is 4.13. The number of allylic oxidation sites excluding steroid dienone is 2. The molecule has 0 bridgehead atoms. The van der Waals surface area contributed by atoms with Crippen molar-refractivity contribution in [2.45, 2.75) is 68.3 Å². The van der Waals surface area contributed by atoms with Crippen molar-refractivity contribution < 1.29 is 26.7 Å². The van der Waals surface area contributed by atoms with Crippen LogP contribution in [0.2, 0.25) is 0 Å². The Bertz CT molecular complexity index is 715. The molecule has 150 valence electrons. The average molecular weight is 396 g/mol. The molecule has 0 aromatic heterocycles. The van der Waals surface area contributed by atoms with Gasteiger partial charge in [0, 0.05) is 11.5 Å². The molecule has 1 amide bonds. The van der Waals surface area contributed by atoms with Crippen LogP contribution in [0.4, 0.5) is 13.2 Å². The molecular weight excluding hydrogens is 369 g/mol. The highest BCUT2D eigenvalue weighted by Crippen LogP contribution is 2.45. The first-order chi connectivity index (χ1) is 11.6. The van der Waals surface area contributed by atoms with E-state index < -0.39 is 42.7 Å². The van der Waals surface area contributed by atoms with Crippen LogP contribution in [0.3, 0.4) is 0 Å². The van der Waals surface area contributed by atoms with Crippen molar-refractivity contribution >= 4 is 15.3 Å². The summed E-state index contributed by atoms with van der Waals surface area (Å²) in [4.78, 5) is 12.9. The van der Waals surface area contributed by atoms with E-state index in [1.165, 1.54) is 27.0 Å². The molecule has 0 radical (unpaired) electrons. The second kappa shape index (κ2) is 6.09. The molecule has 26 heavy (non-hydrogen) atoms. The lowest BCUT2D eigenvalue weighted by Crippen LogP contribution is -2.68. The normalized spacial score (nSPS) is 26.6. The van der Waals surface area contributed by atoms with Crippen LogP contribution in [-0.4, -0.2) is 42.8 Å². The molecule has 0 spiro atoms. The van der Waals surface area contributed by atoms with Crippen LogP contribution in [0.1, 0.15) is 46.5 Å². The number of dihydropyridines is 1. The lowest BCUT2D eigenvalue weighted by atomic mass is 10.0. The second-order valence-electron chi connectivity index (χ2n) is 8.01. The minimum atomic E-state index is -4.55. The number of nitrogens with one attached hydrogen (secondary N) is 2. The van der Waals surface area contributed by atoms with E-state index in [4.69, 9.17) is 0 Å². The Morgan fingerprint density at radius 2 is 1.88 bits per heavy atom. The molecule has 5 nitrogen and oxygen atoms in total. The summed E-state index contributed by atoms with van der Waals surface area (Å²) >= 11 is 0. The average Bonchev–Trinajstić information content (AvgIpc) is 3.00. The quantitative estimate of drug-likeness (QED) is 0.683. The Morgan fingerprint density at radius 3 is 2.38 bits per heavy atom. The van der Waals surface area contributed by atoms with E-state index >= 15 is 0 Å². The molecule has 0 saturated heterocycles. The summed E-state index contributed by atoms with van der Waals surface area (Å²) in [5.41, 5.74) is -2.41. The maximum absolute atomic E-state index is 13.5. The molecule has 2 aliphatic rings. The van der Waals surface area contributed by atoms with Crippen molar-refractivity contribution in [3.63, 3.8) is 0 Å². The van der Waals surface area contributed by atoms with E-state index in [1.807, 2.05) is 0 Å². The van der Waals surface area contributed by atoms with Crippen LogP contribution in [0.25, 0.3) is 0 Å². The minimum absolute atomic E-state index is 0.499. The summed E-state index contributed by atoms with van der Waals surface area (Å²) in [7, 11) is -4.38. The Balaban J connectivity index is 2.29. The molecule has 1 fully saturated rings. The first-order valence-electron chi connectivity index (χ1n) is 8.52. The number of rotatable bonds is 4. The molecule has 0 aromatic carbocycles. The predicted molar refractivity (Wildman–Crippen MR) is 96.0 cm³/mol. The van der Waals surface area contributed by atoms with Crippen molar-refractivity contribution in [1.82, 2.24) is 10.6 Å². The highest BCUT2D eigenvalue weighted by atomic mass is 32.3. The Morgan fingerprint density at radius 1 is 1.35 bits per heavy atom. The lowest BCUT2D eigenvalue weighted by Gasteiger charge is -2.55. The third-order valence-corrected chi connectivity index (χ3v) is 10.4. The van der Waals surface area contributed by atoms with Gasteiger partial charge in [-0.25, -0.2) is 4.21 Å². The van der Waals surface area contributed by atoms with E-state index in [0.29, 0.717) is 12.8 Å². The van der Waals surface area contributed by atoms with E-state index in [2.05, 4.69) is 10.6 Å². The Hall–Kier alpha value is -1.35. The van der Waals surface area contributed by atoms with Crippen molar-refractivity contribution in [3.8, 4) is 0 Å². The zero-order valence-electron chi connectivity index (χ0n) is 15.4. The Labute approximate surface area is 151 Å². The van der Waals surface area contributed by atoms with Crippen LogP contribution < -0.4 is 10.6 Å². The van der Waals surface area contributed by atoms with Gasteiger partial charge in [0.15, 0.2) is 0 Å². The summed E-state index contributed by atoms with van der Waals surface area (Å²) in [5.74, 6) is -0.769. The third-order valence-electron chi connectivity index (χ3n) is 5.67. The van der Waals surface area contributed by atoms with E-state index in [1.54, 1.807) is 0 Å². The van der Waals surface area contributed by atoms with Crippen molar-refractivity contribution in [2.24, 2.45) is 0 Å². The van der Waals surface area contributed by atoms with E-state index in [9.17, 15) is 26.7 Å². The lowest BCUT2D eigenvalue weighted by molar-refractivity contribution is -0.124. The van der Waals surface area contributed by atoms with Crippen LogP contribution in [0.5, 0.6) is 0 Å². The fraction of sp³-hybridized carbons (Fsp3) is 0.706. The molecule has 2 rings (SSSR count). The summed E-state index contributed by atoms with van der Waals surface area (Å²) in [6, 6.07) is 0. The van der Waals surface area contributed by atoms with E-state index in [-0.39, 0.29) is 0 Å². The van der Waals surface area contributed by atoms with Gasteiger partial charge in [0.05, 0.1) is 5.57 Å². The first-order valence-corrected chi connectivity index (χ1v) is 10.9. The topological polar surface area (TPSA) is 78.4 Å². The van der Waals surface area contributed by atoms with Gasteiger partial charge in [0.25, 0.3) is 0 Å². The van der Waals surface area contributed by atoms with Crippen molar-refractivity contribution in [1.29, 1.82) is 0 Å². The van der Waals surface area contributed by atoms with Gasteiger partial charge in [-0.15, -0.1) is 0 Å². The van der Waals surface area contributed by atoms with Crippen LogP contribution in [0.15, 0.2) is 23.9 Å². The maximum Gasteiger partial charge on any atom is 0.416 e. The van der Waals surface area contributed by atoms with Gasteiger partial charge in [-0.1, -0.05) is 12.8 Å².